The monoisotopic (exact) mass is 134 g/mol. The average Bonchev–Trinajstić information content (AvgIpc) is 2.05. The largest absolute Gasteiger partial charge is 0.323 e. The van der Waals surface area contributed by atoms with Crippen LogP contribution in [0.3, 0.4) is 0 Å². The van der Waals surface area contributed by atoms with Crippen molar-refractivity contribution in [2.75, 3.05) is 0 Å². The lowest BCUT2D eigenvalue weighted by Crippen LogP contribution is -1.97. The van der Waals surface area contributed by atoms with E-state index < -0.39 is 0 Å². The second kappa shape index (κ2) is 3.01. The molecule has 0 aliphatic rings. The van der Waals surface area contributed by atoms with Gasteiger partial charge in [-0.2, -0.15) is 5.10 Å². The first-order valence-corrected chi connectivity index (χ1v) is 3.14. The lowest BCUT2D eigenvalue weighted by molar-refractivity contribution is 1.24. The van der Waals surface area contributed by atoms with Crippen LogP contribution < -0.4 is 5.84 Å². The fourth-order valence-electron chi connectivity index (χ4n) is 0.754. The first-order valence-electron chi connectivity index (χ1n) is 3.14. The molecule has 2 nitrogen and oxygen atoms in total. The molecule has 0 fully saturated rings. The highest BCUT2D eigenvalue weighted by molar-refractivity contribution is 5.98. The van der Waals surface area contributed by atoms with Crippen molar-refractivity contribution in [1.82, 2.24) is 0 Å². The molecule has 0 atom stereocenters. The molecule has 10 heavy (non-hydrogen) atoms. The maximum absolute atomic E-state index is 5.09. The van der Waals surface area contributed by atoms with E-state index in [9.17, 15) is 0 Å². The molecule has 0 aromatic heterocycles. The normalized spacial score (nSPS) is 11.5. The van der Waals surface area contributed by atoms with Crippen LogP contribution in [-0.4, -0.2) is 5.71 Å². The van der Waals surface area contributed by atoms with Crippen LogP contribution in [0.2, 0.25) is 0 Å². The van der Waals surface area contributed by atoms with Gasteiger partial charge >= 0.3 is 0 Å². The molecule has 0 heterocycles. The molecule has 0 aliphatic heterocycles. The zero-order valence-corrected chi connectivity index (χ0v) is 5.91. The van der Waals surface area contributed by atoms with Crippen molar-refractivity contribution in [2.24, 2.45) is 10.9 Å². The van der Waals surface area contributed by atoms with E-state index >= 15 is 0 Å². The third-order valence-corrected chi connectivity index (χ3v) is 1.39. The van der Waals surface area contributed by atoms with E-state index in [2.05, 4.69) is 5.10 Å². The summed E-state index contributed by atoms with van der Waals surface area (Å²) in [6.07, 6.45) is 0. The van der Waals surface area contributed by atoms with Crippen LogP contribution in [0, 0.1) is 0 Å². The van der Waals surface area contributed by atoms with Gasteiger partial charge < -0.3 is 5.84 Å². The lowest BCUT2D eigenvalue weighted by Gasteiger charge is -1.95. The fourth-order valence-corrected chi connectivity index (χ4v) is 0.754. The molecular weight excluding hydrogens is 124 g/mol. The highest BCUT2D eigenvalue weighted by Crippen LogP contribution is 1.98. The number of nitrogens with two attached hydrogens (primary N) is 1. The van der Waals surface area contributed by atoms with Gasteiger partial charge in [-0.25, -0.2) is 0 Å². The average molecular weight is 134 g/mol. The van der Waals surface area contributed by atoms with Crippen LogP contribution in [0.4, 0.5) is 0 Å². The molecule has 1 aromatic rings. The topological polar surface area (TPSA) is 38.4 Å². The fraction of sp³-hybridized carbons (Fsp3) is 0.125. The molecule has 0 saturated carbocycles. The zero-order chi connectivity index (χ0) is 7.40. The van der Waals surface area contributed by atoms with Crippen LogP contribution in [-0.2, 0) is 0 Å². The van der Waals surface area contributed by atoms with Gasteiger partial charge in [-0.3, -0.25) is 0 Å². The Bertz CT molecular complexity index is 226. The number of nitrogens with zero attached hydrogens (tertiary/aromatic N) is 1. The van der Waals surface area contributed by atoms with Gasteiger partial charge in [-0.15, -0.1) is 0 Å². The van der Waals surface area contributed by atoms with Gasteiger partial charge in [0.15, 0.2) is 0 Å². The molecule has 2 heteroatoms. The van der Waals surface area contributed by atoms with Crippen molar-refractivity contribution in [2.45, 2.75) is 6.92 Å². The van der Waals surface area contributed by atoms with Crippen molar-refractivity contribution in [3.8, 4) is 0 Å². The Hall–Kier alpha value is -1.31. The van der Waals surface area contributed by atoms with Crippen LogP contribution in [0.5, 0.6) is 0 Å². The smallest absolute Gasteiger partial charge is 0.0641 e. The van der Waals surface area contributed by atoms with Crippen molar-refractivity contribution in [3.05, 3.63) is 35.9 Å². The number of hydrazone groups is 1. The molecule has 0 spiro atoms. The predicted molar refractivity (Wildman–Crippen MR) is 42.8 cm³/mol. The standard InChI is InChI=1S/C8H10N2/c1-7(10-9)8-5-3-2-4-6-8/h2-6H,9H2,1H3. The summed E-state index contributed by atoms with van der Waals surface area (Å²) in [5.74, 6) is 5.09. The van der Waals surface area contributed by atoms with E-state index in [0.29, 0.717) is 0 Å². The third kappa shape index (κ3) is 1.35. The molecule has 0 radical (unpaired) electrons. The van der Waals surface area contributed by atoms with Gasteiger partial charge in [0.05, 0.1) is 5.71 Å². The predicted octanol–water partition coefficient (Wildman–Crippen LogP) is 1.37. The van der Waals surface area contributed by atoms with E-state index in [-0.39, 0.29) is 0 Å². The molecule has 0 unspecified atom stereocenters. The van der Waals surface area contributed by atoms with Gasteiger partial charge in [0.1, 0.15) is 0 Å². The maximum Gasteiger partial charge on any atom is 0.0641 e. The van der Waals surface area contributed by atoms with Crippen LogP contribution in [0.1, 0.15) is 12.5 Å². The number of rotatable bonds is 1. The third-order valence-electron chi connectivity index (χ3n) is 1.39. The highest BCUT2D eigenvalue weighted by Gasteiger charge is 1.91. The van der Waals surface area contributed by atoms with Crippen molar-refractivity contribution in [3.63, 3.8) is 0 Å². The van der Waals surface area contributed by atoms with E-state index in [0.717, 1.165) is 11.3 Å². The molecule has 1 aromatic carbocycles. The Labute approximate surface area is 60.4 Å². The van der Waals surface area contributed by atoms with E-state index in [1.807, 2.05) is 37.3 Å². The van der Waals surface area contributed by atoms with Crippen molar-refractivity contribution < 1.29 is 0 Å². The Balaban J connectivity index is 2.96. The number of hydrogen-bond donors (Lipinski definition) is 1. The SMILES string of the molecule is CC(=NN)c1ccccc1. The molecule has 0 bridgehead atoms. The summed E-state index contributed by atoms with van der Waals surface area (Å²) in [5.41, 5.74) is 1.94. The summed E-state index contributed by atoms with van der Waals surface area (Å²) in [7, 11) is 0. The Morgan fingerprint density at radius 2 is 1.90 bits per heavy atom. The molecule has 0 aliphatic carbocycles. The molecular formula is C8H10N2. The Morgan fingerprint density at radius 1 is 1.30 bits per heavy atom. The number of hydrogen-bond acceptors (Lipinski definition) is 2. The van der Waals surface area contributed by atoms with E-state index in [1.165, 1.54) is 0 Å². The van der Waals surface area contributed by atoms with E-state index in [1.54, 1.807) is 0 Å². The van der Waals surface area contributed by atoms with Crippen molar-refractivity contribution >= 4 is 5.71 Å². The van der Waals surface area contributed by atoms with Crippen LogP contribution in [0.25, 0.3) is 0 Å². The number of benzene rings is 1. The summed E-state index contributed by atoms with van der Waals surface area (Å²) in [6.45, 7) is 1.88. The van der Waals surface area contributed by atoms with Crippen LogP contribution >= 0.6 is 0 Å². The first-order chi connectivity index (χ1) is 4.84. The molecule has 1 rings (SSSR count). The molecule has 0 saturated heterocycles. The van der Waals surface area contributed by atoms with Gasteiger partial charge in [-0.1, -0.05) is 30.3 Å². The quantitative estimate of drug-likeness (QED) is 0.351. The minimum absolute atomic E-state index is 0.862. The minimum Gasteiger partial charge on any atom is -0.323 e. The van der Waals surface area contributed by atoms with Gasteiger partial charge in [0.2, 0.25) is 0 Å². The lowest BCUT2D eigenvalue weighted by atomic mass is 10.1. The summed E-state index contributed by atoms with van der Waals surface area (Å²) < 4.78 is 0. The Morgan fingerprint density at radius 3 is 2.40 bits per heavy atom. The summed E-state index contributed by atoms with van der Waals surface area (Å²) >= 11 is 0. The molecule has 2 N–H and O–H groups in total. The second-order valence-electron chi connectivity index (χ2n) is 2.08. The summed E-state index contributed by atoms with van der Waals surface area (Å²) in [5, 5.41) is 3.58. The van der Waals surface area contributed by atoms with Gasteiger partial charge in [-0.05, 0) is 12.5 Å². The highest BCUT2D eigenvalue weighted by atomic mass is 15.1. The maximum atomic E-state index is 5.09. The molecule has 0 amide bonds. The second-order valence-corrected chi connectivity index (χ2v) is 2.08. The minimum atomic E-state index is 0.862. The first kappa shape index (κ1) is 6.81. The summed E-state index contributed by atoms with van der Waals surface area (Å²) in [4.78, 5) is 0. The van der Waals surface area contributed by atoms with E-state index in [4.69, 9.17) is 5.84 Å². The molecule has 52 valence electrons. The zero-order valence-electron chi connectivity index (χ0n) is 5.91. The van der Waals surface area contributed by atoms with Crippen LogP contribution in [0.15, 0.2) is 35.4 Å². The van der Waals surface area contributed by atoms with Gasteiger partial charge in [0, 0.05) is 0 Å². The summed E-state index contributed by atoms with van der Waals surface area (Å²) in [6, 6.07) is 9.85. The van der Waals surface area contributed by atoms with Crippen molar-refractivity contribution in [1.29, 1.82) is 0 Å². The van der Waals surface area contributed by atoms with Gasteiger partial charge in [0.25, 0.3) is 0 Å². The Kier molecular flexibility index (Phi) is 2.05.